The van der Waals surface area contributed by atoms with Crippen LogP contribution in [0.1, 0.15) is 6.42 Å². The number of hydrogen-bond donors (Lipinski definition) is 1. The van der Waals surface area contributed by atoms with Gasteiger partial charge in [0.2, 0.25) is 0 Å². The molecule has 1 aromatic carbocycles. The molecule has 2 nitrogen and oxygen atoms in total. The number of para-hydroxylation sites is 2. The lowest BCUT2D eigenvalue weighted by Gasteiger charge is -2.11. The fraction of sp³-hybridized carbons (Fsp3) is 0.400. The van der Waals surface area contributed by atoms with Crippen LogP contribution >= 0.6 is 0 Å². The van der Waals surface area contributed by atoms with Gasteiger partial charge in [0.1, 0.15) is 5.75 Å². The van der Waals surface area contributed by atoms with Crippen LogP contribution in [0.2, 0.25) is 0 Å². The van der Waals surface area contributed by atoms with Gasteiger partial charge in [-0.1, -0.05) is 12.1 Å². The number of rotatable bonds is 6. The lowest BCUT2D eigenvalue weighted by molar-refractivity contribution is -0.0493. The summed E-state index contributed by atoms with van der Waals surface area (Å²) in [5.41, 5.74) is 0.450. The van der Waals surface area contributed by atoms with E-state index >= 15 is 0 Å². The van der Waals surface area contributed by atoms with Gasteiger partial charge in [0.25, 0.3) is 0 Å². The van der Waals surface area contributed by atoms with Gasteiger partial charge >= 0.3 is 6.61 Å². The summed E-state index contributed by atoms with van der Waals surface area (Å²) in [6, 6.07) is 6.33. The van der Waals surface area contributed by atoms with Gasteiger partial charge < -0.3 is 10.1 Å². The average Bonchev–Trinajstić information content (AvgIpc) is 2.20. The zero-order valence-electron chi connectivity index (χ0n) is 8.05. The van der Waals surface area contributed by atoms with Gasteiger partial charge in [-0.15, -0.1) is 0 Å². The molecule has 1 N–H and O–H groups in total. The molecule has 0 atom stereocenters. The van der Waals surface area contributed by atoms with E-state index in [-0.39, 0.29) is 5.75 Å². The van der Waals surface area contributed by atoms with Crippen LogP contribution in [0.4, 0.5) is 18.9 Å². The molecule has 0 saturated carbocycles. The third-order valence-corrected chi connectivity index (χ3v) is 1.73. The SMILES string of the molecule is FCCCNc1ccccc1OC(F)F. The first-order chi connectivity index (χ1) is 7.24. The molecule has 0 radical (unpaired) electrons. The minimum Gasteiger partial charge on any atom is -0.433 e. The van der Waals surface area contributed by atoms with Crippen molar-refractivity contribution in [3.8, 4) is 5.75 Å². The Morgan fingerprint density at radius 1 is 1.27 bits per heavy atom. The summed E-state index contributed by atoms with van der Waals surface area (Å²) in [7, 11) is 0. The molecule has 5 heteroatoms. The van der Waals surface area contributed by atoms with E-state index in [9.17, 15) is 13.2 Å². The fourth-order valence-corrected chi connectivity index (χ4v) is 1.10. The molecule has 0 aliphatic carbocycles. The molecule has 0 aromatic heterocycles. The summed E-state index contributed by atoms with van der Waals surface area (Å²) >= 11 is 0. The van der Waals surface area contributed by atoms with Crippen LogP contribution in [0.15, 0.2) is 24.3 Å². The van der Waals surface area contributed by atoms with Gasteiger partial charge in [-0.25, -0.2) is 0 Å². The van der Waals surface area contributed by atoms with Gasteiger partial charge in [-0.2, -0.15) is 8.78 Å². The normalized spacial score (nSPS) is 10.4. The molecular weight excluding hydrogens is 207 g/mol. The Hall–Kier alpha value is -1.39. The number of benzene rings is 1. The fourth-order valence-electron chi connectivity index (χ4n) is 1.10. The van der Waals surface area contributed by atoms with Gasteiger partial charge in [-0.3, -0.25) is 4.39 Å². The molecular formula is C10H12F3NO. The van der Waals surface area contributed by atoms with Crippen LogP contribution in [0.3, 0.4) is 0 Å². The molecule has 0 bridgehead atoms. The van der Waals surface area contributed by atoms with Crippen molar-refractivity contribution < 1.29 is 17.9 Å². The minimum atomic E-state index is -2.85. The average molecular weight is 219 g/mol. The summed E-state index contributed by atoms with van der Waals surface area (Å²) in [4.78, 5) is 0. The first-order valence-electron chi connectivity index (χ1n) is 4.57. The van der Waals surface area contributed by atoms with E-state index in [1.807, 2.05) is 0 Å². The predicted octanol–water partition coefficient (Wildman–Crippen LogP) is 3.06. The van der Waals surface area contributed by atoms with Gasteiger partial charge in [0.15, 0.2) is 0 Å². The Balaban J connectivity index is 2.60. The van der Waals surface area contributed by atoms with Gasteiger partial charge in [0.05, 0.1) is 12.4 Å². The molecule has 0 spiro atoms. The Morgan fingerprint density at radius 3 is 2.67 bits per heavy atom. The standard InChI is InChI=1S/C10H12F3NO/c11-6-3-7-14-8-4-1-2-5-9(8)15-10(12)13/h1-2,4-5,10,14H,3,6-7H2. The zero-order chi connectivity index (χ0) is 11.1. The molecule has 0 saturated heterocycles. The van der Waals surface area contributed by atoms with E-state index in [0.29, 0.717) is 18.7 Å². The van der Waals surface area contributed by atoms with Crippen molar-refractivity contribution in [2.24, 2.45) is 0 Å². The van der Waals surface area contributed by atoms with Crippen molar-refractivity contribution >= 4 is 5.69 Å². The molecule has 15 heavy (non-hydrogen) atoms. The van der Waals surface area contributed by atoms with Crippen molar-refractivity contribution in [2.75, 3.05) is 18.5 Å². The third kappa shape index (κ3) is 4.10. The Labute approximate surface area is 86.1 Å². The van der Waals surface area contributed by atoms with Crippen LogP contribution in [0.5, 0.6) is 5.75 Å². The van der Waals surface area contributed by atoms with E-state index in [2.05, 4.69) is 10.1 Å². The maximum absolute atomic E-state index is 12.0. The first-order valence-corrected chi connectivity index (χ1v) is 4.57. The number of halogens is 3. The molecule has 0 aliphatic rings. The summed E-state index contributed by atoms with van der Waals surface area (Å²) in [5, 5.41) is 2.82. The second-order valence-electron chi connectivity index (χ2n) is 2.84. The maximum atomic E-state index is 12.0. The Bertz CT molecular complexity index is 294. The van der Waals surface area contributed by atoms with Crippen molar-refractivity contribution in [3.05, 3.63) is 24.3 Å². The van der Waals surface area contributed by atoms with Crippen molar-refractivity contribution in [2.45, 2.75) is 13.0 Å². The highest BCUT2D eigenvalue weighted by Crippen LogP contribution is 2.25. The monoisotopic (exact) mass is 219 g/mol. The second kappa shape index (κ2) is 6.16. The van der Waals surface area contributed by atoms with Gasteiger partial charge in [0, 0.05) is 6.54 Å². The summed E-state index contributed by atoms with van der Waals surface area (Å²) in [5.74, 6) is 0.0753. The van der Waals surface area contributed by atoms with E-state index in [1.54, 1.807) is 18.2 Å². The molecule has 0 aliphatic heterocycles. The van der Waals surface area contributed by atoms with Crippen LogP contribution < -0.4 is 10.1 Å². The Kier molecular flexibility index (Phi) is 4.80. The summed E-state index contributed by atoms with van der Waals surface area (Å²) < 4.78 is 40.1. The molecule has 84 valence electrons. The highest BCUT2D eigenvalue weighted by Gasteiger charge is 2.07. The maximum Gasteiger partial charge on any atom is 0.387 e. The molecule has 0 unspecified atom stereocenters. The molecule has 0 amide bonds. The minimum absolute atomic E-state index is 0.0753. The number of anilines is 1. The van der Waals surface area contributed by atoms with Crippen LogP contribution in [0, 0.1) is 0 Å². The van der Waals surface area contributed by atoms with Gasteiger partial charge in [-0.05, 0) is 18.6 Å². The van der Waals surface area contributed by atoms with Crippen molar-refractivity contribution in [1.29, 1.82) is 0 Å². The zero-order valence-corrected chi connectivity index (χ0v) is 8.05. The smallest absolute Gasteiger partial charge is 0.387 e. The number of alkyl halides is 3. The van der Waals surface area contributed by atoms with E-state index < -0.39 is 13.3 Å². The number of nitrogens with one attached hydrogen (secondary N) is 1. The lowest BCUT2D eigenvalue weighted by Crippen LogP contribution is -2.07. The first kappa shape index (κ1) is 11.7. The topological polar surface area (TPSA) is 21.3 Å². The van der Waals surface area contributed by atoms with Crippen LogP contribution in [0.25, 0.3) is 0 Å². The second-order valence-corrected chi connectivity index (χ2v) is 2.84. The van der Waals surface area contributed by atoms with E-state index in [1.165, 1.54) is 6.07 Å². The molecule has 0 fully saturated rings. The van der Waals surface area contributed by atoms with Crippen LogP contribution in [-0.2, 0) is 0 Å². The van der Waals surface area contributed by atoms with Crippen LogP contribution in [-0.4, -0.2) is 19.8 Å². The largest absolute Gasteiger partial charge is 0.433 e. The third-order valence-electron chi connectivity index (χ3n) is 1.73. The highest BCUT2D eigenvalue weighted by atomic mass is 19.3. The van der Waals surface area contributed by atoms with E-state index in [0.717, 1.165) is 0 Å². The lowest BCUT2D eigenvalue weighted by atomic mass is 10.3. The quantitative estimate of drug-likeness (QED) is 0.742. The summed E-state index contributed by atoms with van der Waals surface area (Å²) in [6.45, 7) is -2.90. The van der Waals surface area contributed by atoms with Crippen molar-refractivity contribution in [3.63, 3.8) is 0 Å². The molecule has 1 rings (SSSR count). The summed E-state index contributed by atoms with van der Waals surface area (Å²) in [6.07, 6.45) is 0.336. The predicted molar refractivity (Wildman–Crippen MR) is 52.2 cm³/mol. The number of ether oxygens (including phenoxy) is 1. The highest BCUT2D eigenvalue weighted by molar-refractivity contribution is 5.56. The van der Waals surface area contributed by atoms with E-state index in [4.69, 9.17) is 0 Å². The van der Waals surface area contributed by atoms with Crippen molar-refractivity contribution in [1.82, 2.24) is 0 Å². The molecule has 0 heterocycles. The number of hydrogen-bond acceptors (Lipinski definition) is 2. The Morgan fingerprint density at radius 2 is 2.00 bits per heavy atom. The molecule has 1 aromatic rings.